The number of para-hydroxylation sites is 1. The fraction of sp³-hybridized carbons (Fsp3) is 0.364. The van der Waals surface area contributed by atoms with Crippen molar-refractivity contribution in [2.75, 3.05) is 36.5 Å². The van der Waals surface area contributed by atoms with E-state index in [0.717, 1.165) is 12.8 Å². The Morgan fingerprint density at radius 3 is 2.80 bits per heavy atom. The zero-order valence-corrected chi connectivity index (χ0v) is 16.6. The number of amides is 3. The van der Waals surface area contributed by atoms with E-state index in [1.54, 1.807) is 47.4 Å². The molecule has 1 atom stereocenters. The highest BCUT2D eigenvalue weighted by Gasteiger charge is 2.25. The van der Waals surface area contributed by atoms with Crippen LogP contribution in [0.2, 0.25) is 0 Å². The van der Waals surface area contributed by atoms with E-state index in [4.69, 9.17) is 9.47 Å². The van der Waals surface area contributed by atoms with Crippen molar-refractivity contribution in [3.05, 3.63) is 54.1 Å². The number of hydrogen-bond donors (Lipinski definition) is 2. The minimum Gasteiger partial charge on any atom is -0.508 e. The van der Waals surface area contributed by atoms with Crippen LogP contribution in [0.15, 0.2) is 48.5 Å². The molecule has 0 aromatic heterocycles. The molecular weight excluding hydrogens is 386 g/mol. The number of nitrogens with zero attached hydrogens (tertiary/aromatic N) is 2. The molecular formula is C22H25N3O5. The standard InChI is InChI=1S/C22H25N3O5/c26-20-9-2-1-5-16(20)14-24(15-19-8-4-11-29-19)21(27)23-17-6-3-7-18(13-17)25-10-12-30-22(25)28/h1-3,5-7,9,13,19,26H,4,8,10-12,14-15H2,(H,23,27)/t19-/m0/s1. The van der Waals surface area contributed by atoms with Crippen molar-refractivity contribution in [2.24, 2.45) is 0 Å². The molecule has 2 aromatic rings. The van der Waals surface area contributed by atoms with Crippen LogP contribution in [0.5, 0.6) is 5.75 Å². The Balaban J connectivity index is 1.49. The van der Waals surface area contributed by atoms with Crippen molar-refractivity contribution < 1.29 is 24.2 Å². The number of phenols is 1. The van der Waals surface area contributed by atoms with Gasteiger partial charge in [-0.05, 0) is 37.1 Å². The molecule has 4 rings (SSSR count). The van der Waals surface area contributed by atoms with Gasteiger partial charge in [0.25, 0.3) is 0 Å². The third-order valence-electron chi connectivity index (χ3n) is 5.26. The molecule has 0 bridgehead atoms. The number of urea groups is 1. The molecule has 0 saturated carbocycles. The maximum absolute atomic E-state index is 13.1. The minimum atomic E-state index is -0.391. The Morgan fingerprint density at radius 2 is 2.07 bits per heavy atom. The van der Waals surface area contributed by atoms with Gasteiger partial charge in [-0.2, -0.15) is 0 Å². The number of hydrogen-bond acceptors (Lipinski definition) is 5. The first-order valence-corrected chi connectivity index (χ1v) is 10.1. The number of nitrogens with one attached hydrogen (secondary N) is 1. The van der Waals surface area contributed by atoms with E-state index < -0.39 is 6.09 Å². The zero-order chi connectivity index (χ0) is 20.9. The first-order chi connectivity index (χ1) is 14.6. The number of ether oxygens (including phenoxy) is 2. The Kier molecular flexibility index (Phi) is 6.04. The van der Waals surface area contributed by atoms with Gasteiger partial charge >= 0.3 is 12.1 Å². The van der Waals surface area contributed by atoms with E-state index in [-0.39, 0.29) is 24.4 Å². The third kappa shape index (κ3) is 4.65. The van der Waals surface area contributed by atoms with Crippen LogP contribution in [0.25, 0.3) is 0 Å². The smallest absolute Gasteiger partial charge is 0.414 e. The van der Waals surface area contributed by atoms with Crippen LogP contribution in [0.4, 0.5) is 21.0 Å². The molecule has 8 heteroatoms. The van der Waals surface area contributed by atoms with Gasteiger partial charge in [0, 0.05) is 30.1 Å². The number of benzene rings is 2. The highest BCUT2D eigenvalue weighted by Crippen LogP contribution is 2.24. The van der Waals surface area contributed by atoms with Gasteiger partial charge in [-0.1, -0.05) is 24.3 Å². The monoisotopic (exact) mass is 411 g/mol. The Bertz CT molecular complexity index is 913. The molecule has 0 unspecified atom stereocenters. The Labute approximate surface area is 175 Å². The zero-order valence-electron chi connectivity index (χ0n) is 16.6. The first kappa shape index (κ1) is 20.0. The average Bonchev–Trinajstić information content (AvgIpc) is 3.41. The van der Waals surface area contributed by atoms with E-state index in [0.29, 0.717) is 43.2 Å². The molecule has 2 aliphatic rings. The van der Waals surface area contributed by atoms with Crippen molar-refractivity contribution in [3.63, 3.8) is 0 Å². The number of carbonyl (C=O) groups is 2. The molecule has 30 heavy (non-hydrogen) atoms. The lowest BCUT2D eigenvalue weighted by molar-refractivity contribution is 0.0817. The van der Waals surface area contributed by atoms with E-state index in [2.05, 4.69) is 5.32 Å². The second-order valence-corrected chi connectivity index (χ2v) is 7.39. The summed E-state index contributed by atoms with van der Waals surface area (Å²) in [5, 5.41) is 13.0. The van der Waals surface area contributed by atoms with E-state index in [1.165, 1.54) is 4.90 Å². The predicted molar refractivity (Wildman–Crippen MR) is 112 cm³/mol. The van der Waals surface area contributed by atoms with Crippen molar-refractivity contribution in [1.29, 1.82) is 0 Å². The van der Waals surface area contributed by atoms with Crippen LogP contribution in [-0.4, -0.2) is 54.5 Å². The van der Waals surface area contributed by atoms with Gasteiger partial charge in [0.05, 0.1) is 19.2 Å². The van der Waals surface area contributed by atoms with E-state index in [1.807, 2.05) is 6.07 Å². The van der Waals surface area contributed by atoms with Crippen LogP contribution in [0.3, 0.4) is 0 Å². The summed E-state index contributed by atoms with van der Waals surface area (Å²) in [6, 6.07) is 13.8. The minimum absolute atomic E-state index is 0.0210. The first-order valence-electron chi connectivity index (χ1n) is 10.1. The lowest BCUT2D eigenvalue weighted by Crippen LogP contribution is -2.39. The van der Waals surface area contributed by atoms with Gasteiger partial charge < -0.3 is 24.8 Å². The van der Waals surface area contributed by atoms with E-state index >= 15 is 0 Å². The SMILES string of the molecule is O=C(Nc1cccc(N2CCOC2=O)c1)N(Cc1ccccc1O)C[C@@H]1CCCO1. The molecule has 2 aromatic carbocycles. The summed E-state index contributed by atoms with van der Waals surface area (Å²) in [5.41, 5.74) is 1.91. The maximum atomic E-state index is 13.1. The summed E-state index contributed by atoms with van der Waals surface area (Å²) in [6.07, 6.45) is 1.47. The van der Waals surface area contributed by atoms with Crippen LogP contribution in [0, 0.1) is 0 Å². The number of aromatic hydroxyl groups is 1. The van der Waals surface area contributed by atoms with Gasteiger partial charge in [-0.3, -0.25) is 4.90 Å². The van der Waals surface area contributed by atoms with Crippen molar-refractivity contribution in [3.8, 4) is 5.75 Å². The third-order valence-corrected chi connectivity index (χ3v) is 5.26. The van der Waals surface area contributed by atoms with Gasteiger partial charge in [0.15, 0.2) is 0 Å². The number of cyclic esters (lactones) is 1. The average molecular weight is 411 g/mol. The summed E-state index contributed by atoms with van der Waals surface area (Å²) in [4.78, 5) is 28.1. The lowest BCUT2D eigenvalue weighted by atomic mass is 10.1. The Morgan fingerprint density at radius 1 is 1.20 bits per heavy atom. The highest BCUT2D eigenvalue weighted by atomic mass is 16.6. The lowest BCUT2D eigenvalue weighted by Gasteiger charge is -2.26. The molecule has 158 valence electrons. The van der Waals surface area contributed by atoms with Gasteiger partial charge in [0.2, 0.25) is 0 Å². The van der Waals surface area contributed by atoms with Crippen molar-refractivity contribution in [2.45, 2.75) is 25.5 Å². The maximum Gasteiger partial charge on any atom is 0.414 e. The molecule has 2 fully saturated rings. The molecule has 8 nitrogen and oxygen atoms in total. The fourth-order valence-electron chi connectivity index (χ4n) is 3.69. The van der Waals surface area contributed by atoms with Gasteiger partial charge in [-0.25, -0.2) is 9.59 Å². The number of phenolic OH excluding ortho intramolecular Hbond substituents is 1. The molecule has 0 radical (unpaired) electrons. The Hall–Kier alpha value is -3.26. The largest absolute Gasteiger partial charge is 0.508 e. The number of carbonyl (C=O) groups excluding carboxylic acids is 2. The highest BCUT2D eigenvalue weighted by molar-refractivity contribution is 5.93. The molecule has 2 aliphatic heterocycles. The number of rotatable bonds is 6. The fourth-order valence-corrected chi connectivity index (χ4v) is 3.69. The quantitative estimate of drug-likeness (QED) is 0.758. The van der Waals surface area contributed by atoms with Crippen LogP contribution < -0.4 is 10.2 Å². The normalized spacial score (nSPS) is 18.3. The summed E-state index contributed by atoms with van der Waals surface area (Å²) in [6.45, 7) is 2.22. The van der Waals surface area contributed by atoms with Gasteiger partial charge in [-0.15, -0.1) is 0 Å². The second kappa shape index (κ2) is 9.04. The topological polar surface area (TPSA) is 91.3 Å². The second-order valence-electron chi connectivity index (χ2n) is 7.39. The molecule has 0 aliphatic carbocycles. The molecule has 2 saturated heterocycles. The summed E-state index contributed by atoms with van der Waals surface area (Å²) in [7, 11) is 0. The molecule has 2 N–H and O–H groups in total. The molecule has 3 amide bonds. The summed E-state index contributed by atoms with van der Waals surface area (Å²) < 4.78 is 10.7. The molecule has 2 heterocycles. The predicted octanol–water partition coefficient (Wildman–Crippen LogP) is 3.56. The molecule has 0 spiro atoms. The van der Waals surface area contributed by atoms with Crippen molar-refractivity contribution in [1.82, 2.24) is 4.90 Å². The summed E-state index contributed by atoms with van der Waals surface area (Å²) >= 11 is 0. The van der Waals surface area contributed by atoms with Crippen LogP contribution in [0.1, 0.15) is 18.4 Å². The van der Waals surface area contributed by atoms with Gasteiger partial charge in [0.1, 0.15) is 12.4 Å². The van der Waals surface area contributed by atoms with E-state index in [9.17, 15) is 14.7 Å². The van der Waals surface area contributed by atoms with Crippen molar-refractivity contribution >= 4 is 23.5 Å². The summed E-state index contributed by atoms with van der Waals surface area (Å²) in [5.74, 6) is 0.150. The number of anilines is 2. The van der Waals surface area contributed by atoms with Crippen LogP contribution in [-0.2, 0) is 16.0 Å². The van der Waals surface area contributed by atoms with Crippen LogP contribution >= 0.6 is 0 Å².